The zero-order valence-electron chi connectivity index (χ0n) is 11.7. The van der Waals surface area contributed by atoms with Gasteiger partial charge in [0.05, 0.1) is 11.0 Å². The molecule has 1 aliphatic carbocycles. The van der Waals surface area contributed by atoms with Gasteiger partial charge in [-0.15, -0.1) is 0 Å². The largest absolute Gasteiger partial charge is 0.327 e. The third-order valence-corrected chi connectivity index (χ3v) is 6.36. The molecule has 0 radical (unpaired) electrons. The molecule has 3 unspecified atom stereocenters. The molecule has 0 aliphatic heterocycles. The molecule has 0 aromatic heterocycles. The minimum atomic E-state index is -3.17. The van der Waals surface area contributed by atoms with E-state index in [1.807, 2.05) is 31.2 Å². The number of benzene rings is 1. The molecule has 4 heteroatoms. The number of hydrogen-bond donors (Lipinski definition) is 1. The first kappa shape index (κ1) is 14.5. The van der Waals surface area contributed by atoms with E-state index in [1.165, 1.54) is 0 Å². The summed E-state index contributed by atoms with van der Waals surface area (Å²) in [6, 6.07) is 7.46. The van der Waals surface area contributed by atoms with Crippen LogP contribution < -0.4 is 5.73 Å². The zero-order chi connectivity index (χ0) is 14.0. The molecule has 1 saturated carbocycles. The van der Waals surface area contributed by atoms with Gasteiger partial charge in [0.2, 0.25) is 0 Å². The van der Waals surface area contributed by atoms with Crippen molar-refractivity contribution >= 4 is 9.84 Å². The molecule has 3 atom stereocenters. The first-order chi connectivity index (χ1) is 8.90. The van der Waals surface area contributed by atoms with Crippen LogP contribution >= 0.6 is 0 Å². The second-order valence-corrected chi connectivity index (χ2v) is 8.07. The SMILES string of the molecule is Cc1ccccc1CS(=O)(=O)C1CC(C)CCC1N. The van der Waals surface area contributed by atoms with Crippen LogP contribution in [0.15, 0.2) is 24.3 Å². The zero-order valence-corrected chi connectivity index (χ0v) is 12.5. The van der Waals surface area contributed by atoms with Crippen LogP contribution in [0.4, 0.5) is 0 Å². The monoisotopic (exact) mass is 281 g/mol. The van der Waals surface area contributed by atoms with Crippen LogP contribution in [-0.2, 0) is 15.6 Å². The molecule has 0 heterocycles. The van der Waals surface area contributed by atoms with E-state index in [9.17, 15) is 8.42 Å². The molecule has 1 aromatic rings. The van der Waals surface area contributed by atoms with Gasteiger partial charge < -0.3 is 5.73 Å². The number of sulfone groups is 1. The lowest BCUT2D eigenvalue weighted by atomic mass is 9.87. The molecule has 106 valence electrons. The minimum absolute atomic E-state index is 0.116. The van der Waals surface area contributed by atoms with E-state index in [0.717, 1.165) is 24.0 Å². The molecule has 0 saturated heterocycles. The Bertz CT molecular complexity index is 539. The summed E-state index contributed by atoms with van der Waals surface area (Å²) in [5, 5.41) is -0.379. The third-order valence-electron chi connectivity index (χ3n) is 4.18. The Labute approximate surface area is 116 Å². The Kier molecular flexibility index (Phi) is 4.31. The van der Waals surface area contributed by atoms with E-state index < -0.39 is 9.84 Å². The number of rotatable bonds is 3. The van der Waals surface area contributed by atoms with E-state index in [0.29, 0.717) is 12.3 Å². The molecule has 19 heavy (non-hydrogen) atoms. The quantitative estimate of drug-likeness (QED) is 0.925. The normalized spacial score (nSPS) is 28.3. The second kappa shape index (κ2) is 5.63. The Morgan fingerprint density at radius 2 is 1.95 bits per heavy atom. The summed E-state index contributed by atoms with van der Waals surface area (Å²) in [4.78, 5) is 0. The van der Waals surface area contributed by atoms with Crippen molar-refractivity contribution in [2.24, 2.45) is 11.7 Å². The number of nitrogens with two attached hydrogens (primary N) is 1. The van der Waals surface area contributed by atoms with E-state index in [-0.39, 0.29) is 17.0 Å². The fourth-order valence-corrected chi connectivity index (χ4v) is 5.12. The van der Waals surface area contributed by atoms with Gasteiger partial charge in [-0.05, 0) is 43.2 Å². The van der Waals surface area contributed by atoms with E-state index >= 15 is 0 Å². The Balaban J connectivity index is 2.20. The fraction of sp³-hybridized carbons (Fsp3) is 0.600. The predicted molar refractivity (Wildman–Crippen MR) is 78.6 cm³/mol. The van der Waals surface area contributed by atoms with Gasteiger partial charge in [0, 0.05) is 6.04 Å². The maximum atomic E-state index is 12.6. The lowest BCUT2D eigenvalue weighted by Crippen LogP contribution is -2.45. The summed E-state index contributed by atoms with van der Waals surface area (Å²) in [7, 11) is -3.17. The van der Waals surface area contributed by atoms with Crippen LogP contribution in [0, 0.1) is 12.8 Å². The molecular formula is C15H23NO2S. The molecule has 2 rings (SSSR count). The van der Waals surface area contributed by atoms with Gasteiger partial charge in [-0.2, -0.15) is 0 Å². The van der Waals surface area contributed by atoms with E-state index in [4.69, 9.17) is 5.73 Å². The van der Waals surface area contributed by atoms with Gasteiger partial charge in [-0.3, -0.25) is 0 Å². The van der Waals surface area contributed by atoms with Crippen molar-refractivity contribution in [1.82, 2.24) is 0 Å². The van der Waals surface area contributed by atoms with Crippen LogP contribution in [0.5, 0.6) is 0 Å². The first-order valence-corrected chi connectivity index (χ1v) is 8.63. The van der Waals surface area contributed by atoms with Gasteiger partial charge in [0.25, 0.3) is 0 Å². The number of aryl methyl sites for hydroxylation is 1. The van der Waals surface area contributed by atoms with Gasteiger partial charge >= 0.3 is 0 Å². The molecule has 0 spiro atoms. The molecule has 1 fully saturated rings. The van der Waals surface area contributed by atoms with Crippen LogP contribution in [0.2, 0.25) is 0 Å². The highest BCUT2D eigenvalue weighted by Gasteiger charge is 2.35. The van der Waals surface area contributed by atoms with Crippen molar-refractivity contribution in [1.29, 1.82) is 0 Å². The fourth-order valence-electron chi connectivity index (χ4n) is 2.86. The van der Waals surface area contributed by atoms with Crippen LogP contribution in [0.3, 0.4) is 0 Å². The average molecular weight is 281 g/mol. The van der Waals surface area contributed by atoms with Crippen molar-refractivity contribution in [2.75, 3.05) is 0 Å². The number of hydrogen-bond acceptors (Lipinski definition) is 3. The third kappa shape index (κ3) is 3.37. The lowest BCUT2D eigenvalue weighted by molar-refractivity contribution is 0.346. The maximum Gasteiger partial charge on any atom is 0.158 e. The summed E-state index contributed by atoms with van der Waals surface area (Å²) in [6.45, 7) is 4.07. The summed E-state index contributed by atoms with van der Waals surface area (Å²) < 4.78 is 25.2. The van der Waals surface area contributed by atoms with Crippen molar-refractivity contribution in [3.8, 4) is 0 Å². The standard InChI is InChI=1S/C15H23NO2S/c1-11-7-8-14(16)15(9-11)19(17,18)10-13-6-4-3-5-12(13)2/h3-6,11,14-15H,7-10,16H2,1-2H3. The highest BCUT2D eigenvalue weighted by Crippen LogP contribution is 2.29. The molecule has 3 nitrogen and oxygen atoms in total. The molecule has 0 amide bonds. The smallest absolute Gasteiger partial charge is 0.158 e. The molecule has 0 bridgehead atoms. The van der Waals surface area contributed by atoms with Gasteiger partial charge in [-0.25, -0.2) is 8.42 Å². The van der Waals surface area contributed by atoms with Crippen LogP contribution in [0.1, 0.15) is 37.3 Å². The highest BCUT2D eigenvalue weighted by molar-refractivity contribution is 7.91. The predicted octanol–water partition coefficient (Wildman–Crippen LogP) is 2.43. The van der Waals surface area contributed by atoms with Crippen molar-refractivity contribution < 1.29 is 8.42 Å². The van der Waals surface area contributed by atoms with Crippen LogP contribution in [0.25, 0.3) is 0 Å². The van der Waals surface area contributed by atoms with E-state index in [1.54, 1.807) is 0 Å². The first-order valence-electron chi connectivity index (χ1n) is 6.92. The Morgan fingerprint density at radius 1 is 1.26 bits per heavy atom. The van der Waals surface area contributed by atoms with Crippen molar-refractivity contribution in [2.45, 2.75) is 50.2 Å². The van der Waals surface area contributed by atoms with Gasteiger partial charge in [0.1, 0.15) is 0 Å². The summed E-state index contributed by atoms with van der Waals surface area (Å²) in [6.07, 6.45) is 2.56. The molecular weight excluding hydrogens is 258 g/mol. The Morgan fingerprint density at radius 3 is 2.63 bits per heavy atom. The maximum absolute atomic E-state index is 12.6. The molecule has 1 aliphatic rings. The van der Waals surface area contributed by atoms with Crippen molar-refractivity contribution in [3.05, 3.63) is 35.4 Å². The average Bonchev–Trinajstić information content (AvgIpc) is 2.35. The van der Waals surface area contributed by atoms with Crippen LogP contribution in [-0.4, -0.2) is 19.7 Å². The topological polar surface area (TPSA) is 60.2 Å². The Hall–Kier alpha value is -0.870. The minimum Gasteiger partial charge on any atom is -0.327 e. The second-order valence-electron chi connectivity index (χ2n) is 5.85. The molecule has 1 aromatic carbocycles. The van der Waals surface area contributed by atoms with Gasteiger partial charge in [0.15, 0.2) is 9.84 Å². The lowest BCUT2D eigenvalue weighted by Gasteiger charge is -2.32. The highest BCUT2D eigenvalue weighted by atomic mass is 32.2. The van der Waals surface area contributed by atoms with Crippen molar-refractivity contribution in [3.63, 3.8) is 0 Å². The summed E-state index contributed by atoms with van der Waals surface area (Å²) in [5.41, 5.74) is 7.97. The van der Waals surface area contributed by atoms with E-state index in [2.05, 4.69) is 6.92 Å². The summed E-state index contributed by atoms with van der Waals surface area (Å²) in [5.74, 6) is 0.571. The summed E-state index contributed by atoms with van der Waals surface area (Å²) >= 11 is 0. The molecule has 2 N–H and O–H groups in total. The van der Waals surface area contributed by atoms with Gasteiger partial charge in [-0.1, -0.05) is 31.2 Å².